The van der Waals surface area contributed by atoms with Gasteiger partial charge in [-0.2, -0.15) is 0 Å². The number of sulfone groups is 1. The van der Waals surface area contributed by atoms with Crippen LogP contribution >= 0.6 is 0 Å². The van der Waals surface area contributed by atoms with Gasteiger partial charge in [0.15, 0.2) is 9.84 Å². The summed E-state index contributed by atoms with van der Waals surface area (Å²) >= 11 is 0. The second kappa shape index (κ2) is 6.57. The lowest BCUT2D eigenvalue weighted by molar-refractivity contribution is 0.0592. The molecule has 96 valence electrons. The molecule has 2 unspecified atom stereocenters. The average Bonchev–Trinajstić information content (AvgIpc) is 2.29. The third-order valence-corrected chi connectivity index (χ3v) is 4.95. The van der Waals surface area contributed by atoms with Crippen LogP contribution in [-0.4, -0.2) is 45.7 Å². The number of hydrogen-bond acceptors (Lipinski definition) is 4. The Morgan fingerprint density at radius 3 is 2.75 bits per heavy atom. The minimum atomic E-state index is -2.83. The van der Waals surface area contributed by atoms with Crippen molar-refractivity contribution < 1.29 is 13.2 Å². The van der Waals surface area contributed by atoms with Gasteiger partial charge in [0, 0.05) is 25.4 Å². The zero-order chi connectivity index (χ0) is 12.0. The second-order valence-electron chi connectivity index (χ2n) is 4.41. The fourth-order valence-electron chi connectivity index (χ4n) is 2.11. The fraction of sp³-hybridized carbons (Fsp3) is 1.00. The summed E-state index contributed by atoms with van der Waals surface area (Å²) in [6, 6.07) is 0.422. The first-order chi connectivity index (χ1) is 7.57. The quantitative estimate of drug-likeness (QED) is 0.762. The zero-order valence-corrected chi connectivity index (χ0v) is 11.1. The fourth-order valence-corrected chi connectivity index (χ4v) is 2.82. The molecule has 0 aromatic heterocycles. The third-order valence-electron chi connectivity index (χ3n) is 3.25. The van der Waals surface area contributed by atoms with Crippen molar-refractivity contribution in [3.05, 3.63) is 0 Å². The number of nitrogens with one attached hydrogen (secondary N) is 1. The van der Waals surface area contributed by atoms with Crippen LogP contribution in [0.4, 0.5) is 0 Å². The van der Waals surface area contributed by atoms with E-state index in [4.69, 9.17) is 4.74 Å². The van der Waals surface area contributed by atoms with Gasteiger partial charge in [0.2, 0.25) is 0 Å². The Balaban J connectivity index is 2.22. The van der Waals surface area contributed by atoms with E-state index in [0.29, 0.717) is 18.7 Å². The summed E-state index contributed by atoms with van der Waals surface area (Å²) in [4.78, 5) is 0. The number of methoxy groups -OCH3 is 1. The highest BCUT2D eigenvalue weighted by Crippen LogP contribution is 2.20. The Labute approximate surface area is 98.7 Å². The molecule has 16 heavy (non-hydrogen) atoms. The van der Waals surface area contributed by atoms with Crippen LogP contribution in [0.15, 0.2) is 0 Å². The van der Waals surface area contributed by atoms with Gasteiger partial charge >= 0.3 is 0 Å². The summed E-state index contributed by atoms with van der Waals surface area (Å²) in [5, 5.41) is 3.32. The normalized spacial score (nSPS) is 26.9. The smallest absolute Gasteiger partial charge is 0.151 e. The average molecular weight is 249 g/mol. The molecule has 0 aromatic carbocycles. The number of hydrogen-bond donors (Lipinski definition) is 1. The van der Waals surface area contributed by atoms with Gasteiger partial charge in [-0.05, 0) is 25.7 Å². The monoisotopic (exact) mass is 249 g/mol. The van der Waals surface area contributed by atoms with Crippen molar-refractivity contribution in [1.82, 2.24) is 5.32 Å². The van der Waals surface area contributed by atoms with Crippen molar-refractivity contribution in [3.63, 3.8) is 0 Å². The minimum Gasteiger partial charge on any atom is -0.381 e. The molecule has 0 aromatic rings. The van der Waals surface area contributed by atoms with Crippen molar-refractivity contribution in [2.24, 2.45) is 0 Å². The lowest BCUT2D eigenvalue weighted by Crippen LogP contribution is -2.39. The van der Waals surface area contributed by atoms with E-state index >= 15 is 0 Å². The highest BCUT2D eigenvalue weighted by atomic mass is 32.2. The Hall–Kier alpha value is -0.130. The van der Waals surface area contributed by atoms with Crippen LogP contribution < -0.4 is 5.32 Å². The highest BCUT2D eigenvalue weighted by molar-refractivity contribution is 7.91. The summed E-state index contributed by atoms with van der Waals surface area (Å²) in [6.45, 7) is 2.26. The first-order valence-electron chi connectivity index (χ1n) is 6.04. The topological polar surface area (TPSA) is 55.4 Å². The highest BCUT2D eigenvalue weighted by Gasteiger charge is 2.21. The van der Waals surface area contributed by atoms with Crippen molar-refractivity contribution in [2.45, 2.75) is 44.8 Å². The van der Waals surface area contributed by atoms with Gasteiger partial charge in [-0.25, -0.2) is 8.42 Å². The van der Waals surface area contributed by atoms with Gasteiger partial charge in [-0.15, -0.1) is 0 Å². The summed E-state index contributed by atoms with van der Waals surface area (Å²) in [7, 11) is -1.09. The molecule has 1 saturated carbocycles. The Bertz CT molecular complexity index is 290. The van der Waals surface area contributed by atoms with Crippen LogP contribution in [0.1, 0.15) is 32.6 Å². The van der Waals surface area contributed by atoms with Crippen molar-refractivity contribution >= 4 is 9.84 Å². The predicted molar refractivity (Wildman–Crippen MR) is 65.4 cm³/mol. The predicted octanol–water partition coefficient (Wildman–Crippen LogP) is 0.968. The van der Waals surface area contributed by atoms with E-state index in [2.05, 4.69) is 5.32 Å². The van der Waals surface area contributed by atoms with Crippen LogP contribution in [0.5, 0.6) is 0 Å². The van der Waals surface area contributed by atoms with E-state index < -0.39 is 9.84 Å². The maximum Gasteiger partial charge on any atom is 0.151 e. The first kappa shape index (κ1) is 13.9. The Morgan fingerprint density at radius 2 is 2.12 bits per heavy atom. The molecule has 0 amide bonds. The van der Waals surface area contributed by atoms with Crippen molar-refractivity contribution in [1.29, 1.82) is 0 Å². The molecule has 0 saturated heterocycles. The maximum absolute atomic E-state index is 11.3. The first-order valence-corrected chi connectivity index (χ1v) is 7.86. The SMILES string of the molecule is CCS(=O)(=O)CCNC1CCCC(OC)C1. The summed E-state index contributed by atoms with van der Waals surface area (Å²) in [6.07, 6.45) is 4.77. The Morgan fingerprint density at radius 1 is 1.38 bits per heavy atom. The maximum atomic E-state index is 11.3. The molecule has 0 aliphatic heterocycles. The van der Waals surface area contributed by atoms with Crippen LogP contribution in [0.3, 0.4) is 0 Å². The molecule has 4 nitrogen and oxygen atoms in total. The molecular weight excluding hydrogens is 226 g/mol. The molecular formula is C11H23NO3S. The minimum absolute atomic E-state index is 0.236. The van der Waals surface area contributed by atoms with Gasteiger partial charge < -0.3 is 10.1 Å². The number of ether oxygens (including phenoxy) is 1. The zero-order valence-electron chi connectivity index (χ0n) is 10.2. The molecule has 0 bridgehead atoms. The van der Waals surface area contributed by atoms with E-state index in [-0.39, 0.29) is 11.5 Å². The molecule has 0 radical (unpaired) electrons. The van der Waals surface area contributed by atoms with E-state index in [9.17, 15) is 8.42 Å². The van der Waals surface area contributed by atoms with E-state index in [1.807, 2.05) is 0 Å². The molecule has 1 rings (SSSR count). The Kier molecular flexibility index (Phi) is 5.72. The molecule has 1 fully saturated rings. The summed E-state index contributed by atoms with van der Waals surface area (Å²) in [5.74, 6) is 0.484. The van der Waals surface area contributed by atoms with Crippen LogP contribution in [0.2, 0.25) is 0 Å². The standard InChI is InChI=1S/C11H23NO3S/c1-3-16(13,14)8-7-12-10-5-4-6-11(9-10)15-2/h10-12H,3-9H2,1-2H3. The van der Waals surface area contributed by atoms with Crippen LogP contribution in [0, 0.1) is 0 Å². The van der Waals surface area contributed by atoms with Crippen molar-refractivity contribution in [3.8, 4) is 0 Å². The van der Waals surface area contributed by atoms with Gasteiger partial charge in [0.05, 0.1) is 11.9 Å². The molecule has 1 aliphatic rings. The molecule has 2 atom stereocenters. The van der Waals surface area contributed by atoms with Gasteiger partial charge in [-0.3, -0.25) is 0 Å². The lowest BCUT2D eigenvalue weighted by Gasteiger charge is -2.28. The summed E-state index contributed by atoms with van der Waals surface area (Å²) < 4.78 is 27.9. The van der Waals surface area contributed by atoms with E-state index in [0.717, 1.165) is 25.7 Å². The van der Waals surface area contributed by atoms with Crippen LogP contribution in [-0.2, 0) is 14.6 Å². The molecule has 0 heterocycles. The lowest BCUT2D eigenvalue weighted by atomic mass is 9.93. The second-order valence-corrected chi connectivity index (χ2v) is 6.88. The molecule has 1 N–H and O–H groups in total. The molecule has 0 spiro atoms. The van der Waals surface area contributed by atoms with Crippen molar-refractivity contribution in [2.75, 3.05) is 25.2 Å². The largest absolute Gasteiger partial charge is 0.381 e. The summed E-state index contributed by atoms with van der Waals surface area (Å²) in [5.41, 5.74) is 0. The van der Waals surface area contributed by atoms with E-state index in [1.54, 1.807) is 14.0 Å². The van der Waals surface area contributed by atoms with Gasteiger partial charge in [0.25, 0.3) is 0 Å². The third kappa shape index (κ3) is 4.80. The molecule has 1 aliphatic carbocycles. The van der Waals surface area contributed by atoms with E-state index in [1.165, 1.54) is 0 Å². The molecule has 5 heteroatoms. The number of rotatable bonds is 6. The van der Waals surface area contributed by atoms with Gasteiger partial charge in [-0.1, -0.05) is 6.92 Å². The van der Waals surface area contributed by atoms with Crippen LogP contribution in [0.25, 0.3) is 0 Å². The van der Waals surface area contributed by atoms with Gasteiger partial charge in [0.1, 0.15) is 0 Å².